The molecule has 0 N–H and O–H groups in total. The molecule has 204 valence electrons. The van der Waals surface area contributed by atoms with E-state index in [-0.39, 0.29) is 19.6 Å². The van der Waals surface area contributed by atoms with E-state index in [1.807, 2.05) is 0 Å². The number of sulfonamides is 2. The second kappa shape index (κ2) is 11.1. The summed E-state index contributed by atoms with van der Waals surface area (Å²) in [5.41, 5.74) is 0.938. The molecule has 2 saturated heterocycles. The zero-order valence-corrected chi connectivity index (χ0v) is 24.0. The van der Waals surface area contributed by atoms with Crippen LogP contribution in [0.2, 0.25) is 0 Å². The lowest BCUT2D eigenvalue weighted by atomic mass is 10.2. The molecule has 0 aliphatic carbocycles. The number of rotatable bonds is 6. The van der Waals surface area contributed by atoms with Gasteiger partial charge in [0.25, 0.3) is 0 Å². The molecule has 2 fully saturated rings. The van der Waals surface area contributed by atoms with Gasteiger partial charge in [0, 0.05) is 26.2 Å². The minimum absolute atomic E-state index is 0.0278. The van der Waals surface area contributed by atoms with Crippen molar-refractivity contribution in [2.45, 2.75) is 84.8 Å². The Balaban J connectivity index is 1.74. The first-order valence-corrected chi connectivity index (χ1v) is 17.3. The summed E-state index contributed by atoms with van der Waals surface area (Å²) >= 11 is 0. The summed E-state index contributed by atoms with van der Waals surface area (Å²) in [4.78, 5) is -0.401. The van der Waals surface area contributed by atoms with Crippen molar-refractivity contribution in [2.24, 2.45) is 0 Å². The van der Waals surface area contributed by atoms with Crippen molar-refractivity contribution < 1.29 is 25.3 Å². The zero-order chi connectivity index (χ0) is 26.8. The molecule has 0 saturated carbocycles. The molecule has 11 heteroatoms. The number of aryl methyl sites for hydroxylation is 2. The van der Waals surface area contributed by atoms with Crippen molar-refractivity contribution in [2.75, 3.05) is 26.2 Å². The van der Waals surface area contributed by atoms with E-state index in [0.717, 1.165) is 51.4 Å². The van der Waals surface area contributed by atoms with Crippen LogP contribution >= 0.6 is 0 Å². The summed E-state index contributed by atoms with van der Waals surface area (Å²) in [6.45, 7) is 4.95. The standard InChI is InChI=1S/C26H36N2O6S3/c1-21-11-13-23(19-25(21)36(31,32)27-15-7-3-4-8-16-27)35(29,30)24-14-12-22(2)26(20-24)37(33,34)28-17-9-5-6-10-18-28/h11-14,19-20H,3-10,15-18H2,1-2H3. The predicted octanol–water partition coefficient (Wildman–Crippen LogP) is 4.27. The molecule has 2 aliphatic heterocycles. The Bertz CT molecular complexity index is 1350. The van der Waals surface area contributed by atoms with Gasteiger partial charge in [-0.15, -0.1) is 0 Å². The molecule has 0 unspecified atom stereocenters. The van der Waals surface area contributed by atoms with Crippen LogP contribution in [0.3, 0.4) is 0 Å². The average molecular weight is 569 g/mol. The highest BCUT2D eigenvalue weighted by Crippen LogP contribution is 2.31. The van der Waals surface area contributed by atoms with E-state index in [2.05, 4.69) is 0 Å². The van der Waals surface area contributed by atoms with Crippen LogP contribution in [0, 0.1) is 13.8 Å². The first-order valence-electron chi connectivity index (χ1n) is 12.9. The summed E-state index contributed by atoms with van der Waals surface area (Å²) in [6, 6.07) is 8.20. The van der Waals surface area contributed by atoms with Crippen LogP contribution < -0.4 is 0 Å². The second-order valence-corrected chi connectivity index (χ2v) is 15.8. The van der Waals surface area contributed by atoms with Crippen molar-refractivity contribution in [3.05, 3.63) is 47.5 Å². The quantitative estimate of drug-likeness (QED) is 0.515. The summed E-state index contributed by atoms with van der Waals surface area (Å²) in [7, 11) is -11.9. The van der Waals surface area contributed by atoms with Crippen molar-refractivity contribution in [1.29, 1.82) is 0 Å². The second-order valence-electron chi connectivity index (χ2n) is 9.99. The van der Waals surface area contributed by atoms with E-state index in [9.17, 15) is 25.3 Å². The third kappa shape index (κ3) is 5.80. The van der Waals surface area contributed by atoms with Crippen molar-refractivity contribution in [1.82, 2.24) is 8.61 Å². The maximum atomic E-state index is 13.7. The van der Waals surface area contributed by atoms with E-state index < -0.39 is 29.9 Å². The lowest BCUT2D eigenvalue weighted by Crippen LogP contribution is -2.32. The molecule has 0 amide bonds. The van der Waals surface area contributed by atoms with Gasteiger partial charge in [0.2, 0.25) is 29.9 Å². The molecule has 0 radical (unpaired) electrons. The molecular weight excluding hydrogens is 532 g/mol. The fourth-order valence-corrected chi connectivity index (χ4v) is 10.0. The van der Waals surface area contributed by atoms with Gasteiger partial charge < -0.3 is 0 Å². The molecule has 2 aromatic carbocycles. The van der Waals surface area contributed by atoms with E-state index in [1.54, 1.807) is 13.8 Å². The van der Waals surface area contributed by atoms with Gasteiger partial charge in [-0.2, -0.15) is 8.61 Å². The van der Waals surface area contributed by atoms with Crippen LogP contribution in [0.5, 0.6) is 0 Å². The van der Waals surface area contributed by atoms with Crippen molar-refractivity contribution in [3.63, 3.8) is 0 Å². The number of nitrogens with zero attached hydrogens (tertiary/aromatic N) is 2. The van der Waals surface area contributed by atoms with Crippen LogP contribution in [0.25, 0.3) is 0 Å². The maximum Gasteiger partial charge on any atom is 0.243 e. The first kappa shape index (κ1) is 28.2. The van der Waals surface area contributed by atoms with E-state index in [4.69, 9.17) is 0 Å². The Morgan fingerprint density at radius 3 is 1.16 bits per heavy atom. The molecule has 0 atom stereocenters. The number of sulfone groups is 1. The molecule has 2 aromatic rings. The van der Waals surface area contributed by atoms with E-state index in [1.165, 1.54) is 45.0 Å². The Kier molecular flexibility index (Phi) is 8.49. The highest BCUT2D eigenvalue weighted by Gasteiger charge is 2.31. The van der Waals surface area contributed by atoms with Gasteiger partial charge in [0.05, 0.1) is 19.6 Å². The Morgan fingerprint density at radius 2 is 0.838 bits per heavy atom. The van der Waals surface area contributed by atoms with E-state index in [0.29, 0.717) is 37.3 Å². The van der Waals surface area contributed by atoms with Gasteiger partial charge in [-0.3, -0.25) is 0 Å². The summed E-state index contributed by atoms with van der Waals surface area (Å²) < 4.78 is 84.0. The minimum atomic E-state index is -4.18. The Labute approximate surface area is 221 Å². The van der Waals surface area contributed by atoms with Crippen LogP contribution in [0.1, 0.15) is 62.5 Å². The summed E-state index contributed by atoms with van der Waals surface area (Å²) in [5, 5.41) is 0. The molecule has 4 rings (SSSR count). The maximum absolute atomic E-state index is 13.7. The van der Waals surface area contributed by atoms with Gasteiger partial charge >= 0.3 is 0 Å². The SMILES string of the molecule is Cc1ccc(S(=O)(=O)c2ccc(C)c(S(=O)(=O)N3CCCCCC3)c2)cc1S(=O)(=O)N1CCCCCC1. The smallest absolute Gasteiger partial charge is 0.219 e. The molecule has 0 bridgehead atoms. The molecular formula is C26H36N2O6S3. The molecule has 37 heavy (non-hydrogen) atoms. The summed E-state index contributed by atoms with van der Waals surface area (Å²) in [6.07, 6.45) is 6.96. The molecule has 0 aromatic heterocycles. The monoisotopic (exact) mass is 568 g/mol. The minimum Gasteiger partial charge on any atom is -0.219 e. The molecule has 0 spiro atoms. The van der Waals surface area contributed by atoms with Gasteiger partial charge in [0.15, 0.2) is 0 Å². The number of hydrogen-bond donors (Lipinski definition) is 0. The van der Waals surface area contributed by atoms with Gasteiger partial charge in [-0.05, 0) is 74.9 Å². The lowest BCUT2D eigenvalue weighted by molar-refractivity contribution is 0.422. The molecule has 2 heterocycles. The highest BCUT2D eigenvalue weighted by molar-refractivity contribution is 7.92. The summed E-state index contributed by atoms with van der Waals surface area (Å²) in [5.74, 6) is 0. The average Bonchev–Trinajstić information content (AvgIpc) is 3.30. The fourth-order valence-electron chi connectivity index (χ4n) is 5.03. The van der Waals surface area contributed by atoms with Gasteiger partial charge in [-0.1, -0.05) is 37.8 Å². The van der Waals surface area contributed by atoms with Crippen molar-refractivity contribution in [3.8, 4) is 0 Å². The molecule has 2 aliphatic rings. The van der Waals surface area contributed by atoms with Gasteiger partial charge in [0.1, 0.15) is 0 Å². The Morgan fingerprint density at radius 1 is 0.514 bits per heavy atom. The third-order valence-electron chi connectivity index (χ3n) is 7.31. The topological polar surface area (TPSA) is 109 Å². The van der Waals surface area contributed by atoms with Crippen LogP contribution in [0.15, 0.2) is 56.0 Å². The number of benzene rings is 2. The lowest BCUT2D eigenvalue weighted by Gasteiger charge is -2.22. The van der Waals surface area contributed by atoms with Gasteiger partial charge in [-0.25, -0.2) is 25.3 Å². The van der Waals surface area contributed by atoms with Crippen molar-refractivity contribution >= 4 is 29.9 Å². The Hall–Kier alpha value is -1.79. The highest BCUT2D eigenvalue weighted by atomic mass is 32.2. The normalized spacial score (nSPS) is 19.3. The first-order chi connectivity index (χ1) is 17.5. The third-order valence-corrected chi connectivity index (χ3v) is 13.1. The molecule has 8 nitrogen and oxygen atoms in total. The largest absolute Gasteiger partial charge is 0.243 e. The van der Waals surface area contributed by atoms with Crippen LogP contribution in [-0.4, -0.2) is 60.0 Å². The van der Waals surface area contributed by atoms with Crippen LogP contribution in [-0.2, 0) is 29.9 Å². The van der Waals surface area contributed by atoms with E-state index >= 15 is 0 Å². The van der Waals surface area contributed by atoms with Crippen LogP contribution in [0.4, 0.5) is 0 Å². The number of hydrogen-bond acceptors (Lipinski definition) is 6. The predicted molar refractivity (Wildman–Crippen MR) is 142 cm³/mol. The fraction of sp³-hybridized carbons (Fsp3) is 0.538. The zero-order valence-electron chi connectivity index (χ0n) is 21.5.